The second-order valence-corrected chi connectivity index (χ2v) is 12.9. The van der Waals surface area contributed by atoms with Crippen LogP contribution < -0.4 is 5.73 Å². The summed E-state index contributed by atoms with van der Waals surface area (Å²) >= 11 is 0. The van der Waals surface area contributed by atoms with Gasteiger partial charge in [-0.1, -0.05) is 0 Å². The molecule has 4 rings (SSSR count). The van der Waals surface area contributed by atoms with Crippen molar-refractivity contribution in [2.75, 3.05) is 33.0 Å². The van der Waals surface area contributed by atoms with E-state index in [1.807, 2.05) is 0 Å². The van der Waals surface area contributed by atoms with Crippen molar-refractivity contribution in [3.05, 3.63) is 0 Å². The maximum atomic E-state index is 12.3. The standard InChI is InChI=1S/C29H51NO22/c30-4-2-1-3-5-45-26-18(40)14(36)21(10(7-32)47-26)50-29-20(42)16(38)23(24(52-29)25(43)44)51-28-19(41)15(37)22(11(8-33)48-28)49-27-17(39)13(35)12(34)9(6-31)46-27/h9-24,26-29,31-42H,1-8,30H2,(H,43,44). The van der Waals surface area contributed by atoms with E-state index in [0.29, 0.717) is 13.0 Å². The third kappa shape index (κ3) is 9.52. The van der Waals surface area contributed by atoms with E-state index in [0.717, 1.165) is 12.8 Å². The molecule has 20 atom stereocenters. The molecule has 0 spiro atoms. The number of carbonyl (C=O) groups is 1. The van der Waals surface area contributed by atoms with Crippen molar-refractivity contribution in [3.63, 3.8) is 0 Å². The zero-order chi connectivity index (χ0) is 38.4. The number of aliphatic hydroxyl groups is 12. The van der Waals surface area contributed by atoms with Gasteiger partial charge in [0.2, 0.25) is 0 Å². The highest BCUT2D eigenvalue weighted by atomic mass is 16.8. The van der Waals surface area contributed by atoms with Gasteiger partial charge in [-0.25, -0.2) is 4.79 Å². The normalized spacial score (nSPS) is 47.3. The monoisotopic (exact) mass is 765 g/mol. The van der Waals surface area contributed by atoms with Gasteiger partial charge in [0.05, 0.1) is 19.8 Å². The summed E-state index contributed by atoms with van der Waals surface area (Å²) < 4.78 is 43.6. The van der Waals surface area contributed by atoms with E-state index in [-0.39, 0.29) is 6.61 Å². The van der Waals surface area contributed by atoms with Crippen LogP contribution in [-0.4, -0.2) is 228 Å². The summed E-state index contributed by atoms with van der Waals surface area (Å²) in [6.45, 7) is -1.97. The average Bonchev–Trinajstić information content (AvgIpc) is 3.13. The highest BCUT2D eigenvalue weighted by Gasteiger charge is 2.56. The number of carboxylic acid groups (broad SMARTS) is 1. The van der Waals surface area contributed by atoms with Gasteiger partial charge in [-0.3, -0.25) is 0 Å². The molecule has 0 bridgehead atoms. The van der Waals surface area contributed by atoms with E-state index in [2.05, 4.69) is 0 Å². The molecule has 4 heterocycles. The molecule has 20 unspecified atom stereocenters. The molecular formula is C29H51NO22. The largest absolute Gasteiger partial charge is 0.479 e. The molecule has 4 aliphatic heterocycles. The van der Waals surface area contributed by atoms with Crippen LogP contribution in [0.15, 0.2) is 0 Å². The minimum atomic E-state index is -2.20. The van der Waals surface area contributed by atoms with Gasteiger partial charge < -0.3 is 110 Å². The van der Waals surface area contributed by atoms with Crippen molar-refractivity contribution < 1.29 is 109 Å². The second-order valence-electron chi connectivity index (χ2n) is 12.9. The Kier molecular flexibility index (Phi) is 16.2. The number of hydrogen-bond donors (Lipinski definition) is 14. The van der Waals surface area contributed by atoms with Crippen LogP contribution in [0.1, 0.15) is 19.3 Å². The minimum absolute atomic E-state index is 0.123. The third-order valence-corrected chi connectivity index (χ3v) is 9.28. The Hall–Kier alpha value is -1.37. The lowest BCUT2D eigenvalue weighted by Crippen LogP contribution is -2.68. The molecule has 0 saturated carbocycles. The number of aliphatic carboxylic acids is 1. The predicted octanol–water partition coefficient (Wildman–Crippen LogP) is -8.50. The first-order chi connectivity index (χ1) is 24.7. The van der Waals surface area contributed by atoms with Gasteiger partial charge in [-0.05, 0) is 25.8 Å². The summed E-state index contributed by atoms with van der Waals surface area (Å²) in [5.74, 6) is -1.79. The number of nitrogens with two attached hydrogens (primary N) is 1. The Morgan fingerprint density at radius 1 is 0.500 bits per heavy atom. The van der Waals surface area contributed by atoms with E-state index in [4.69, 9.17) is 43.6 Å². The van der Waals surface area contributed by atoms with Crippen molar-refractivity contribution in [1.82, 2.24) is 0 Å². The quantitative estimate of drug-likeness (QED) is 0.0649. The molecule has 4 fully saturated rings. The van der Waals surface area contributed by atoms with Crippen LogP contribution in [0.25, 0.3) is 0 Å². The minimum Gasteiger partial charge on any atom is -0.479 e. The van der Waals surface area contributed by atoms with Crippen molar-refractivity contribution in [3.8, 4) is 0 Å². The third-order valence-electron chi connectivity index (χ3n) is 9.28. The molecule has 4 saturated heterocycles. The van der Waals surface area contributed by atoms with Gasteiger partial charge in [0.15, 0.2) is 31.3 Å². The number of hydrogen-bond acceptors (Lipinski definition) is 22. The van der Waals surface area contributed by atoms with E-state index >= 15 is 0 Å². The molecule has 304 valence electrons. The van der Waals surface area contributed by atoms with Crippen molar-refractivity contribution in [1.29, 1.82) is 0 Å². The summed E-state index contributed by atoms with van der Waals surface area (Å²) in [5, 5.41) is 135. The van der Waals surface area contributed by atoms with Crippen LogP contribution in [0.2, 0.25) is 0 Å². The lowest BCUT2D eigenvalue weighted by molar-refractivity contribution is -0.385. The Balaban J connectivity index is 1.42. The van der Waals surface area contributed by atoms with Crippen LogP contribution in [0.5, 0.6) is 0 Å². The molecule has 0 aromatic rings. The number of aliphatic hydroxyl groups excluding tert-OH is 12. The highest BCUT2D eigenvalue weighted by molar-refractivity contribution is 5.73. The molecular weight excluding hydrogens is 714 g/mol. The topological polar surface area (TPSA) is 380 Å². The van der Waals surface area contributed by atoms with Gasteiger partial charge in [0, 0.05) is 6.61 Å². The molecule has 23 heteroatoms. The van der Waals surface area contributed by atoms with Crippen molar-refractivity contribution in [2.45, 2.75) is 142 Å². The fraction of sp³-hybridized carbons (Fsp3) is 0.966. The molecule has 0 radical (unpaired) electrons. The molecule has 4 aliphatic rings. The van der Waals surface area contributed by atoms with E-state index in [9.17, 15) is 71.2 Å². The molecule has 23 nitrogen and oxygen atoms in total. The highest BCUT2D eigenvalue weighted by Crippen LogP contribution is 2.34. The summed E-state index contributed by atoms with van der Waals surface area (Å²) in [4.78, 5) is 12.3. The number of carboxylic acids is 1. The zero-order valence-corrected chi connectivity index (χ0v) is 27.8. The number of unbranched alkanes of at least 4 members (excludes halogenated alkanes) is 2. The predicted molar refractivity (Wildman–Crippen MR) is 161 cm³/mol. The summed E-state index contributed by atoms with van der Waals surface area (Å²) in [6, 6.07) is 0. The SMILES string of the molecule is NCCCCCOC1OC(CO)C(OC2OC(C(=O)O)C(OC3OC(CO)C(OC4OC(CO)C(O)C(O)C4O)C(O)C3O)C(O)C2O)C(O)C1O. The van der Waals surface area contributed by atoms with Crippen LogP contribution in [0.3, 0.4) is 0 Å². The fourth-order valence-electron chi connectivity index (χ4n) is 6.26. The van der Waals surface area contributed by atoms with Gasteiger partial charge in [-0.15, -0.1) is 0 Å². The molecule has 52 heavy (non-hydrogen) atoms. The smallest absolute Gasteiger partial charge is 0.335 e. The van der Waals surface area contributed by atoms with Crippen LogP contribution in [0.4, 0.5) is 0 Å². The first-order valence-corrected chi connectivity index (χ1v) is 16.8. The number of rotatable bonds is 16. The number of ether oxygens (including phenoxy) is 8. The van der Waals surface area contributed by atoms with Gasteiger partial charge in [0.1, 0.15) is 91.6 Å². The average molecular weight is 766 g/mol. The Morgan fingerprint density at radius 3 is 1.42 bits per heavy atom. The summed E-state index contributed by atoms with van der Waals surface area (Å²) in [7, 11) is 0. The first kappa shape index (κ1) is 43.4. The molecule has 0 aliphatic carbocycles. The molecule has 0 amide bonds. The summed E-state index contributed by atoms with van der Waals surface area (Å²) in [6.07, 6.45) is -35.0. The lowest BCUT2D eigenvalue weighted by Gasteiger charge is -2.48. The van der Waals surface area contributed by atoms with Crippen LogP contribution in [-0.2, 0) is 42.7 Å². The fourth-order valence-corrected chi connectivity index (χ4v) is 6.26. The Morgan fingerprint density at radius 2 is 0.923 bits per heavy atom. The second kappa shape index (κ2) is 19.5. The van der Waals surface area contributed by atoms with E-state index in [1.54, 1.807) is 0 Å². The maximum Gasteiger partial charge on any atom is 0.335 e. The zero-order valence-electron chi connectivity index (χ0n) is 27.8. The summed E-state index contributed by atoms with van der Waals surface area (Å²) in [5.41, 5.74) is 5.46. The Labute approximate surface area is 296 Å². The Bertz CT molecular complexity index is 1090. The van der Waals surface area contributed by atoms with Crippen molar-refractivity contribution in [2.24, 2.45) is 5.73 Å². The van der Waals surface area contributed by atoms with Gasteiger partial charge >= 0.3 is 5.97 Å². The molecule has 15 N–H and O–H groups in total. The van der Waals surface area contributed by atoms with Crippen LogP contribution >= 0.6 is 0 Å². The van der Waals surface area contributed by atoms with Gasteiger partial charge in [-0.2, -0.15) is 0 Å². The molecule has 0 aromatic carbocycles. The lowest BCUT2D eigenvalue weighted by atomic mass is 9.95. The van der Waals surface area contributed by atoms with E-state index in [1.165, 1.54) is 0 Å². The molecule has 0 aromatic heterocycles. The van der Waals surface area contributed by atoms with E-state index < -0.39 is 149 Å². The van der Waals surface area contributed by atoms with Crippen molar-refractivity contribution >= 4 is 5.97 Å². The van der Waals surface area contributed by atoms with Gasteiger partial charge in [0.25, 0.3) is 0 Å². The maximum absolute atomic E-state index is 12.3. The first-order valence-electron chi connectivity index (χ1n) is 16.8. The van der Waals surface area contributed by atoms with Crippen LogP contribution in [0, 0.1) is 0 Å².